The second-order valence-electron chi connectivity index (χ2n) is 8.52. The molecule has 35 heavy (non-hydrogen) atoms. The topological polar surface area (TPSA) is 88.9 Å². The molecule has 0 radical (unpaired) electrons. The lowest BCUT2D eigenvalue weighted by molar-refractivity contribution is -0.113. The van der Waals surface area contributed by atoms with E-state index in [1.807, 2.05) is 50.5 Å². The predicted octanol–water partition coefficient (Wildman–Crippen LogP) is 5.59. The van der Waals surface area contributed by atoms with Crippen molar-refractivity contribution in [2.24, 2.45) is 5.92 Å². The van der Waals surface area contributed by atoms with Crippen LogP contribution in [0.1, 0.15) is 47.2 Å². The Balaban J connectivity index is 1.78. The number of aryl methyl sites for hydroxylation is 2. The molecular weight excluding hydrogens is 482 g/mol. The van der Waals surface area contributed by atoms with Gasteiger partial charge in [0.2, 0.25) is 5.91 Å². The highest BCUT2D eigenvalue weighted by molar-refractivity contribution is 7.99. The molecule has 7 nitrogen and oxygen atoms in total. The number of para-hydroxylation sites is 1. The van der Waals surface area contributed by atoms with Gasteiger partial charge in [-0.15, -0.1) is 16.8 Å². The molecule has 9 heteroatoms. The Hall–Kier alpha value is -3.10. The van der Waals surface area contributed by atoms with E-state index in [0.29, 0.717) is 28.1 Å². The summed E-state index contributed by atoms with van der Waals surface area (Å²) in [6.07, 6.45) is 1.74. The number of rotatable bonds is 10. The highest BCUT2D eigenvalue weighted by atomic mass is 35.5. The van der Waals surface area contributed by atoms with E-state index in [1.165, 1.54) is 11.8 Å². The molecule has 1 aromatic heterocycles. The zero-order chi connectivity index (χ0) is 25.5. The summed E-state index contributed by atoms with van der Waals surface area (Å²) in [4.78, 5) is 25.6. The van der Waals surface area contributed by atoms with Crippen molar-refractivity contribution in [3.63, 3.8) is 0 Å². The maximum absolute atomic E-state index is 12.9. The fraction of sp³-hybridized carbons (Fsp3) is 0.308. The molecule has 2 amide bonds. The van der Waals surface area contributed by atoms with E-state index in [1.54, 1.807) is 30.3 Å². The third kappa shape index (κ3) is 6.52. The van der Waals surface area contributed by atoms with Crippen molar-refractivity contribution in [2.75, 3.05) is 11.1 Å². The predicted molar refractivity (Wildman–Crippen MR) is 142 cm³/mol. The maximum Gasteiger partial charge on any atom is 0.253 e. The Morgan fingerprint density at radius 3 is 2.43 bits per heavy atom. The zero-order valence-corrected chi connectivity index (χ0v) is 21.9. The number of carbonyl (C=O) groups is 2. The number of hydrogen-bond donors (Lipinski definition) is 2. The lowest BCUT2D eigenvalue weighted by Crippen LogP contribution is -2.34. The highest BCUT2D eigenvalue weighted by Crippen LogP contribution is 2.27. The number of halogens is 1. The first-order valence-electron chi connectivity index (χ1n) is 11.3. The molecule has 0 saturated carbocycles. The average Bonchev–Trinajstić information content (AvgIpc) is 3.21. The van der Waals surface area contributed by atoms with Gasteiger partial charge in [0, 0.05) is 12.2 Å². The van der Waals surface area contributed by atoms with Gasteiger partial charge in [-0.2, -0.15) is 0 Å². The summed E-state index contributed by atoms with van der Waals surface area (Å²) in [5.41, 5.74) is 3.24. The van der Waals surface area contributed by atoms with Gasteiger partial charge < -0.3 is 15.2 Å². The van der Waals surface area contributed by atoms with Gasteiger partial charge >= 0.3 is 0 Å². The van der Waals surface area contributed by atoms with Gasteiger partial charge in [-0.1, -0.05) is 73.6 Å². The Kier molecular flexibility index (Phi) is 9.12. The molecule has 1 atom stereocenters. The van der Waals surface area contributed by atoms with Gasteiger partial charge in [-0.3, -0.25) is 9.59 Å². The number of nitrogens with one attached hydrogen (secondary N) is 2. The van der Waals surface area contributed by atoms with Crippen molar-refractivity contribution >= 4 is 40.9 Å². The minimum absolute atomic E-state index is 0.0272. The van der Waals surface area contributed by atoms with Gasteiger partial charge in [-0.25, -0.2) is 0 Å². The van der Waals surface area contributed by atoms with E-state index in [-0.39, 0.29) is 23.5 Å². The maximum atomic E-state index is 12.9. The van der Waals surface area contributed by atoms with Crippen LogP contribution in [-0.2, 0) is 11.3 Å². The van der Waals surface area contributed by atoms with E-state index in [9.17, 15) is 9.59 Å². The van der Waals surface area contributed by atoms with Crippen molar-refractivity contribution in [2.45, 2.75) is 45.4 Å². The standard InChI is InChI=1S/C26H30ClN5O2S/c1-6-14-32-24(22(16(2)3)29-25(34)19-12-7-8-13-20(19)27)30-31-26(32)35-15-21(33)28-23-17(4)10-9-11-18(23)5/h6-13,16,22H,1,14-15H2,2-5H3,(H,28,33)(H,29,34)/t22-/m1/s1. The van der Waals surface area contributed by atoms with Gasteiger partial charge in [0.05, 0.1) is 22.4 Å². The Labute approximate surface area is 215 Å². The molecule has 1 heterocycles. The first kappa shape index (κ1) is 26.5. The van der Waals surface area contributed by atoms with E-state index >= 15 is 0 Å². The summed E-state index contributed by atoms with van der Waals surface area (Å²) < 4.78 is 1.88. The van der Waals surface area contributed by atoms with E-state index in [0.717, 1.165) is 16.8 Å². The lowest BCUT2D eigenvalue weighted by atomic mass is 10.0. The van der Waals surface area contributed by atoms with Crippen LogP contribution in [0.3, 0.4) is 0 Å². The number of aromatic nitrogens is 3. The molecule has 0 fully saturated rings. The second-order valence-corrected chi connectivity index (χ2v) is 9.87. The smallest absolute Gasteiger partial charge is 0.253 e. The summed E-state index contributed by atoms with van der Waals surface area (Å²) >= 11 is 7.50. The fourth-order valence-corrected chi connectivity index (χ4v) is 4.62. The highest BCUT2D eigenvalue weighted by Gasteiger charge is 2.27. The first-order chi connectivity index (χ1) is 16.7. The van der Waals surface area contributed by atoms with Crippen LogP contribution in [0.25, 0.3) is 0 Å². The van der Waals surface area contributed by atoms with Crippen LogP contribution in [0.4, 0.5) is 5.69 Å². The summed E-state index contributed by atoms with van der Waals surface area (Å²) in [6, 6.07) is 12.4. The number of amides is 2. The number of allylic oxidation sites excluding steroid dienone is 1. The lowest BCUT2D eigenvalue weighted by Gasteiger charge is -2.23. The number of thioether (sulfide) groups is 1. The molecule has 0 unspecified atom stereocenters. The summed E-state index contributed by atoms with van der Waals surface area (Å²) in [6.45, 7) is 12.2. The van der Waals surface area contributed by atoms with Gasteiger partial charge in [-0.05, 0) is 43.0 Å². The average molecular weight is 512 g/mol. The molecule has 0 saturated heterocycles. The quantitative estimate of drug-likeness (QED) is 0.273. The monoisotopic (exact) mass is 511 g/mol. The van der Waals surface area contributed by atoms with Crippen LogP contribution < -0.4 is 10.6 Å². The van der Waals surface area contributed by atoms with Crippen LogP contribution in [0, 0.1) is 19.8 Å². The van der Waals surface area contributed by atoms with Crippen molar-refractivity contribution in [3.05, 3.63) is 82.7 Å². The van der Waals surface area contributed by atoms with Crippen molar-refractivity contribution in [1.29, 1.82) is 0 Å². The number of benzene rings is 2. The van der Waals surface area contributed by atoms with Crippen LogP contribution in [0.5, 0.6) is 0 Å². The largest absolute Gasteiger partial charge is 0.342 e. The SMILES string of the molecule is C=CCn1c(SCC(=O)Nc2c(C)cccc2C)nnc1[C@H](NC(=O)c1ccccc1Cl)C(C)C. The number of hydrogen-bond acceptors (Lipinski definition) is 5. The number of nitrogens with zero attached hydrogens (tertiary/aromatic N) is 3. The van der Waals surface area contributed by atoms with Gasteiger partial charge in [0.15, 0.2) is 11.0 Å². The van der Waals surface area contributed by atoms with E-state index < -0.39 is 6.04 Å². The minimum Gasteiger partial charge on any atom is -0.342 e. The molecule has 184 valence electrons. The third-order valence-corrected chi connectivity index (χ3v) is 6.78. The van der Waals surface area contributed by atoms with E-state index in [4.69, 9.17) is 11.6 Å². The van der Waals surface area contributed by atoms with Crippen LogP contribution in [0.2, 0.25) is 5.02 Å². The third-order valence-electron chi connectivity index (χ3n) is 5.48. The van der Waals surface area contributed by atoms with Gasteiger partial charge in [0.25, 0.3) is 5.91 Å². The van der Waals surface area contributed by atoms with Crippen molar-refractivity contribution in [3.8, 4) is 0 Å². The molecule has 2 N–H and O–H groups in total. The Bertz CT molecular complexity index is 1200. The Morgan fingerprint density at radius 1 is 1.11 bits per heavy atom. The van der Waals surface area contributed by atoms with Crippen LogP contribution >= 0.6 is 23.4 Å². The minimum atomic E-state index is -0.413. The normalized spacial score (nSPS) is 11.8. The van der Waals surface area contributed by atoms with Crippen molar-refractivity contribution < 1.29 is 9.59 Å². The van der Waals surface area contributed by atoms with Crippen molar-refractivity contribution in [1.82, 2.24) is 20.1 Å². The molecule has 3 rings (SSSR count). The molecule has 0 bridgehead atoms. The molecule has 0 aliphatic rings. The number of carbonyl (C=O) groups excluding carboxylic acids is 2. The molecule has 0 spiro atoms. The second kappa shape index (κ2) is 12.0. The van der Waals surface area contributed by atoms with E-state index in [2.05, 4.69) is 27.4 Å². The molecule has 0 aliphatic carbocycles. The molecule has 0 aliphatic heterocycles. The Morgan fingerprint density at radius 2 is 1.80 bits per heavy atom. The molecule has 2 aromatic carbocycles. The first-order valence-corrected chi connectivity index (χ1v) is 12.7. The summed E-state index contributed by atoms with van der Waals surface area (Å²) in [7, 11) is 0. The fourth-order valence-electron chi connectivity index (χ4n) is 3.65. The molecular formula is C26H30ClN5O2S. The molecule has 3 aromatic rings. The summed E-state index contributed by atoms with van der Waals surface area (Å²) in [5.74, 6) is 0.373. The zero-order valence-electron chi connectivity index (χ0n) is 20.3. The van der Waals surface area contributed by atoms with Crippen LogP contribution in [-0.4, -0.2) is 32.3 Å². The summed E-state index contributed by atoms with van der Waals surface area (Å²) in [5, 5.41) is 15.7. The number of anilines is 1. The van der Waals surface area contributed by atoms with Gasteiger partial charge in [0.1, 0.15) is 0 Å². The van der Waals surface area contributed by atoms with Crippen LogP contribution in [0.15, 0.2) is 60.3 Å².